The molecule has 0 fully saturated rings. The topological polar surface area (TPSA) is 53.6 Å². The van der Waals surface area contributed by atoms with Gasteiger partial charge in [0.15, 0.2) is 0 Å². The average Bonchev–Trinajstić information content (AvgIpc) is 3.13. The highest BCUT2D eigenvalue weighted by Gasteiger charge is 2.11. The van der Waals surface area contributed by atoms with Crippen molar-refractivity contribution in [2.24, 2.45) is 0 Å². The molecule has 0 aliphatic rings. The number of nitrogens with zero attached hydrogens (tertiary/aromatic N) is 2. The van der Waals surface area contributed by atoms with E-state index in [1.807, 2.05) is 49.4 Å². The molecule has 6 heteroatoms. The highest BCUT2D eigenvalue weighted by atomic mass is 35.5. The van der Waals surface area contributed by atoms with E-state index in [4.69, 9.17) is 23.2 Å². The lowest BCUT2D eigenvalue weighted by atomic mass is 10.1. The van der Waals surface area contributed by atoms with Gasteiger partial charge >= 0.3 is 0 Å². The fraction of sp³-hybridized carbons (Fsp3) is 0.0435. The molecule has 0 saturated heterocycles. The molecule has 0 aliphatic carbocycles. The van der Waals surface area contributed by atoms with Crippen molar-refractivity contribution in [2.45, 2.75) is 6.92 Å². The number of fused-ring (bicyclic) bond motifs is 2. The largest absolute Gasteiger partial charge is 0.355 e. The Morgan fingerprint density at radius 1 is 0.862 bits per heavy atom. The van der Waals surface area contributed by atoms with Gasteiger partial charge in [0.2, 0.25) is 0 Å². The molecule has 2 N–H and O–H groups in total. The minimum absolute atomic E-state index is 0.508. The van der Waals surface area contributed by atoms with Crippen molar-refractivity contribution in [3.8, 4) is 11.3 Å². The Kier molecular flexibility index (Phi) is 4.38. The van der Waals surface area contributed by atoms with Gasteiger partial charge in [0.1, 0.15) is 5.69 Å². The fourth-order valence-corrected chi connectivity index (χ4v) is 3.82. The minimum Gasteiger partial charge on any atom is -0.355 e. The van der Waals surface area contributed by atoms with Crippen LogP contribution in [0.4, 0.5) is 11.4 Å². The first-order chi connectivity index (χ1) is 14.1. The van der Waals surface area contributed by atoms with Crippen molar-refractivity contribution >= 4 is 56.4 Å². The second kappa shape index (κ2) is 7.07. The van der Waals surface area contributed by atoms with Gasteiger partial charge in [0.25, 0.3) is 0 Å². The number of rotatable bonds is 3. The Morgan fingerprint density at radius 3 is 2.59 bits per heavy atom. The summed E-state index contributed by atoms with van der Waals surface area (Å²) >= 11 is 12.3. The maximum atomic E-state index is 6.20. The maximum Gasteiger partial charge on any atom is 0.100 e. The number of aryl methyl sites for hydroxylation is 1. The molecule has 5 aromatic rings. The quantitative estimate of drug-likeness (QED) is 0.327. The molecule has 4 nitrogen and oxygen atoms in total. The first-order valence-electron chi connectivity index (χ1n) is 9.15. The predicted molar refractivity (Wildman–Crippen MR) is 121 cm³/mol. The summed E-state index contributed by atoms with van der Waals surface area (Å²) in [6, 6.07) is 21.8. The van der Waals surface area contributed by atoms with Crippen LogP contribution in [0, 0.1) is 6.92 Å². The number of benzene rings is 3. The molecule has 3 aromatic carbocycles. The van der Waals surface area contributed by atoms with E-state index in [2.05, 4.69) is 38.7 Å². The number of aromatic nitrogens is 3. The van der Waals surface area contributed by atoms with Crippen LogP contribution in [0.1, 0.15) is 5.69 Å². The molecule has 0 atom stereocenters. The molecule has 2 aromatic heterocycles. The molecule has 0 amide bonds. The van der Waals surface area contributed by atoms with Crippen LogP contribution in [-0.4, -0.2) is 15.2 Å². The van der Waals surface area contributed by atoms with Gasteiger partial charge in [-0.05, 0) is 49.4 Å². The summed E-state index contributed by atoms with van der Waals surface area (Å²) in [6.45, 7) is 2.00. The minimum atomic E-state index is 0.508. The highest BCUT2D eigenvalue weighted by Crippen LogP contribution is 2.34. The summed E-state index contributed by atoms with van der Waals surface area (Å²) in [7, 11) is 0. The lowest BCUT2D eigenvalue weighted by Crippen LogP contribution is -1.94. The van der Waals surface area contributed by atoms with E-state index in [1.54, 1.807) is 6.07 Å². The van der Waals surface area contributed by atoms with Crippen LogP contribution in [0.25, 0.3) is 33.1 Å². The second-order valence-corrected chi connectivity index (χ2v) is 7.73. The molecule has 5 rings (SSSR count). The summed E-state index contributed by atoms with van der Waals surface area (Å²) in [5.41, 5.74) is 6.62. The predicted octanol–water partition coefficient (Wildman–Crippen LogP) is 7.14. The van der Waals surface area contributed by atoms with Crippen molar-refractivity contribution in [3.63, 3.8) is 0 Å². The van der Waals surface area contributed by atoms with E-state index in [9.17, 15) is 0 Å². The highest BCUT2D eigenvalue weighted by molar-refractivity contribution is 6.42. The molecule has 0 aliphatic heterocycles. The van der Waals surface area contributed by atoms with Crippen LogP contribution in [-0.2, 0) is 0 Å². The lowest BCUT2D eigenvalue weighted by molar-refractivity contribution is 1.12. The van der Waals surface area contributed by atoms with Crippen LogP contribution in [0.3, 0.4) is 0 Å². The summed E-state index contributed by atoms with van der Waals surface area (Å²) in [6.07, 6.45) is 0. The van der Waals surface area contributed by atoms with Crippen molar-refractivity contribution < 1.29 is 0 Å². The number of pyridine rings is 1. The summed E-state index contributed by atoms with van der Waals surface area (Å²) in [5, 5.41) is 14.2. The van der Waals surface area contributed by atoms with Crippen LogP contribution >= 0.6 is 23.2 Å². The SMILES string of the molecule is Cc1cc(Nc2ccc3[nH]nc(-c4ccc(Cl)c(Cl)c4)c3c2)c2ccccc2n1. The van der Waals surface area contributed by atoms with Crippen molar-refractivity contribution in [2.75, 3.05) is 5.32 Å². The molecular formula is C23H16Cl2N4. The van der Waals surface area contributed by atoms with Gasteiger partial charge in [-0.1, -0.05) is 47.5 Å². The number of anilines is 2. The number of para-hydroxylation sites is 1. The first-order valence-corrected chi connectivity index (χ1v) is 9.91. The molecule has 0 radical (unpaired) electrons. The zero-order valence-electron chi connectivity index (χ0n) is 15.5. The third-order valence-corrected chi connectivity index (χ3v) is 5.62. The smallest absolute Gasteiger partial charge is 0.100 e. The van der Waals surface area contributed by atoms with Gasteiger partial charge < -0.3 is 5.32 Å². The lowest BCUT2D eigenvalue weighted by Gasteiger charge is -2.11. The Balaban J connectivity index is 1.60. The van der Waals surface area contributed by atoms with Gasteiger partial charge in [-0.2, -0.15) is 5.10 Å². The van der Waals surface area contributed by atoms with E-state index in [1.165, 1.54) is 0 Å². The van der Waals surface area contributed by atoms with E-state index in [0.717, 1.165) is 50.1 Å². The van der Waals surface area contributed by atoms with Crippen LogP contribution in [0.15, 0.2) is 66.7 Å². The molecule has 142 valence electrons. The van der Waals surface area contributed by atoms with Crippen molar-refractivity contribution in [1.82, 2.24) is 15.2 Å². The Bertz CT molecular complexity index is 1370. The Labute approximate surface area is 177 Å². The van der Waals surface area contributed by atoms with Crippen LogP contribution in [0.2, 0.25) is 10.0 Å². The molecule has 0 unspecified atom stereocenters. The van der Waals surface area contributed by atoms with Gasteiger partial charge in [0.05, 0.1) is 21.1 Å². The van der Waals surface area contributed by atoms with Gasteiger partial charge in [-0.25, -0.2) is 0 Å². The van der Waals surface area contributed by atoms with E-state index in [0.29, 0.717) is 10.0 Å². The fourth-order valence-electron chi connectivity index (χ4n) is 3.52. The van der Waals surface area contributed by atoms with Gasteiger partial charge in [0, 0.05) is 33.4 Å². The van der Waals surface area contributed by atoms with Gasteiger partial charge in [-0.15, -0.1) is 0 Å². The van der Waals surface area contributed by atoms with E-state index >= 15 is 0 Å². The van der Waals surface area contributed by atoms with Crippen molar-refractivity contribution in [1.29, 1.82) is 0 Å². The molecule has 29 heavy (non-hydrogen) atoms. The molecule has 2 heterocycles. The number of halogens is 2. The Morgan fingerprint density at radius 2 is 1.72 bits per heavy atom. The number of hydrogen-bond donors (Lipinski definition) is 2. The summed E-state index contributed by atoms with van der Waals surface area (Å²) in [5.74, 6) is 0. The number of nitrogens with one attached hydrogen (secondary N) is 2. The second-order valence-electron chi connectivity index (χ2n) is 6.91. The number of hydrogen-bond acceptors (Lipinski definition) is 3. The molecular weight excluding hydrogens is 403 g/mol. The third kappa shape index (κ3) is 3.31. The van der Waals surface area contributed by atoms with Crippen molar-refractivity contribution in [3.05, 3.63) is 82.5 Å². The maximum absolute atomic E-state index is 6.20. The molecule has 0 spiro atoms. The van der Waals surface area contributed by atoms with Crippen LogP contribution in [0.5, 0.6) is 0 Å². The van der Waals surface area contributed by atoms with Crippen LogP contribution < -0.4 is 5.32 Å². The number of aromatic amines is 1. The zero-order valence-corrected chi connectivity index (χ0v) is 17.0. The molecule has 0 saturated carbocycles. The standard InChI is InChI=1S/C23H16Cl2N4/c1-13-10-22(16-4-2-3-5-20(16)26-13)27-15-7-9-21-17(12-15)23(29-28-21)14-6-8-18(24)19(25)11-14/h2-12H,1H3,(H,26,27)(H,28,29). The summed E-state index contributed by atoms with van der Waals surface area (Å²) < 4.78 is 0. The van der Waals surface area contributed by atoms with Gasteiger partial charge in [-0.3, -0.25) is 10.1 Å². The zero-order chi connectivity index (χ0) is 20.0. The average molecular weight is 419 g/mol. The molecule has 0 bridgehead atoms. The first kappa shape index (κ1) is 18.0. The van der Waals surface area contributed by atoms with E-state index < -0.39 is 0 Å². The Hall–Kier alpha value is -3.08. The normalized spacial score (nSPS) is 11.3. The summed E-state index contributed by atoms with van der Waals surface area (Å²) in [4.78, 5) is 4.61. The number of H-pyrrole nitrogens is 1. The third-order valence-electron chi connectivity index (χ3n) is 4.88. The van der Waals surface area contributed by atoms with E-state index in [-0.39, 0.29) is 0 Å². The monoisotopic (exact) mass is 418 g/mol.